The van der Waals surface area contributed by atoms with E-state index >= 15 is 0 Å². The Morgan fingerprint density at radius 3 is 1.67 bits per heavy atom. The third kappa shape index (κ3) is 10.3. The zero-order valence-electron chi connectivity index (χ0n) is 13.4. The van der Waals surface area contributed by atoms with Crippen LogP contribution in [-0.2, 0) is 4.74 Å². The maximum Gasteiger partial charge on any atom is 0.0522 e. The Hall–Kier alpha value is 0.310. The van der Waals surface area contributed by atoms with Crippen molar-refractivity contribution in [2.24, 2.45) is 0 Å². The summed E-state index contributed by atoms with van der Waals surface area (Å²) in [7, 11) is 0. The van der Waals surface area contributed by atoms with Crippen LogP contribution in [0, 0.1) is 0 Å². The Kier molecular flexibility index (Phi) is 11.4. The van der Waals surface area contributed by atoms with Crippen molar-refractivity contribution in [2.75, 3.05) is 0 Å². The zero-order valence-corrected chi connectivity index (χ0v) is 14.2. The monoisotopic (exact) mass is 274 g/mol. The van der Waals surface area contributed by atoms with Gasteiger partial charge in [0, 0.05) is 10.5 Å². The van der Waals surface area contributed by atoms with Crippen molar-refractivity contribution in [3.05, 3.63) is 0 Å². The van der Waals surface area contributed by atoms with Gasteiger partial charge in [-0.3, -0.25) is 0 Å². The summed E-state index contributed by atoms with van der Waals surface area (Å²) in [5, 5.41) is 1.96. The van der Waals surface area contributed by atoms with Crippen LogP contribution in [0.4, 0.5) is 0 Å². The molecule has 0 aromatic carbocycles. The largest absolute Gasteiger partial charge is 0.376 e. The molecule has 0 N–H and O–H groups in total. The fourth-order valence-corrected chi connectivity index (χ4v) is 3.86. The molecule has 0 aliphatic heterocycles. The lowest BCUT2D eigenvalue weighted by Crippen LogP contribution is -2.09. The van der Waals surface area contributed by atoms with Gasteiger partial charge < -0.3 is 4.74 Å². The molecular formula is C16H34OS. The van der Waals surface area contributed by atoms with E-state index in [2.05, 4.69) is 25.6 Å². The molecule has 1 nitrogen and oxygen atoms in total. The molecule has 1 saturated carbocycles. The maximum absolute atomic E-state index is 5.25. The topological polar surface area (TPSA) is 9.23 Å². The molecule has 0 bridgehead atoms. The first-order valence-electron chi connectivity index (χ1n) is 7.80. The molecule has 0 spiro atoms. The van der Waals surface area contributed by atoms with Crippen molar-refractivity contribution < 1.29 is 4.74 Å². The smallest absolute Gasteiger partial charge is 0.0522 e. The van der Waals surface area contributed by atoms with Crippen molar-refractivity contribution >= 4 is 11.8 Å². The van der Waals surface area contributed by atoms with E-state index < -0.39 is 0 Å². The van der Waals surface area contributed by atoms with E-state index in [0.717, 1.165) is 10.5 Å². The van der Waals surface area contributed by atoms with Gasteiger partial charge in [-0.25, -0.2) is 0 Å². The van der Waals surface area contributed by atoms with Gasteiger partial charge in [-0.15, -0.1) is 0 Å². The molecule has 1 rings (SSSR count). The van der Waals surface area contributed by atoms with Crippen LogP contribution in [0.15, 0.2) is 0 Å². The summed E-state index contributed by atoms with van der Waals surface area (Å²) in [6, 6.07) is 0. The van der Waals surface area contributed by atoms with E-state index in [0.29, 0.717) is 12.2 Å². The average Bonchev–Trinajstić information content (AvgIpc) is 2.77. The second-order valence-corrected chi connectivity index (χ2v) is 7.32. The van der Waals surface area contributed by atoms with Gasteiger partial charge in [0.1, 0.15) is 0 Å². The number of ether oxygens (including phenoxy) is 1. The van der Waals surface area contributed by atoms with Crippen molar-refractivity contribution in [3.8, 4) is 0 Å². The zero-order chi connectivity index (χ0) is 14.0. The minimum atomic E-state index is 0.375. The summed E-state index contributed by atoms with van der Waals surface area (Å²) in [6.45, 7) is 12.8. The van der Waals surface area contributed by atoms with E-state index in [1.54, 1.807) is 0 Å². The molecule has 0 radical (unpaired) electrons. The van der Waals surface area contributed by atoms with E-state index in [1.807, 2.05) is 27.7 Å². The van der Waals surface area contributed by atoms with E-state index in [1.165, 1.54) is 38.5 Å². The fraction of sp³-hybridized carbons (Fsp3) is 1.00. The van der Waals surface area contributed by atoms with Crippen LogP contribution in [0.5, 0.6) is 0 Å². The molecule has 0 aromatic heterocycles. The summed E-state index contributed by atoms with van der Waals surface area (Å²) in [6.07, 6.45) is 9.41. The first-order chi connectivity index (χ1) is 8.49. The molecule has 0 unspecified atom stereocenters. The highest BCUT2D eigenvalue weighted by molar-refractivity contribution is 8.00. The molecule has 0 atom stereocenters. The van der Waals surface area contributed by atoms with Gasteiger partial charge in [0.2, 0.25) is 0 Å². The van der Waals surface area contributed by atoms with Crippen molar-refractivity contribution in [1.82, 2.24) is 0 Å². The molecule has 0 aromatic rings. The summed E-state index contributed by atoms with van der Waals surface area (Å²) >= 11 is 2.25. The van der Waals surface area contributed by atoms with E-state index in [-0.39, 0.29) is 0 Å². The van der Waals surface area contributed by atoms with Crippen LogP contribution in [0.25, 0.3) is 0 Å². The molecule has 0 heterocycles. The highest BCUT2D eigenvalue weighted by Crippen LogP contribution is 2.34. The predicted octanol–water partition coefficient (Wildman–Crippen LogP) is 5.67. The minimum Gasteiger partial charge on any atom is -0.376 e. The lowest BCUT2D eigenvalue weighted by Gasteiger charge is -2.16. The summed E-state index contributed by atoms with van der Waals surface area (Å²) < 4.78 is 5.25. The van der Waals surface area contributed by atoms with Gasteiger partial charge in [-0.05, 0) is 53.4 Å². The van der Waals surface area contributed by atoms with Gasteiger partial charge in [0.05, 0.1) is 12.2 Å². The lowest BCUT2D eigenvalue weighted by atomic mass is 10.3. The predicted molar refractivity (Wildman–Crippen MR) is 85.6 cm³/mol. The standard InChI is InChI=1S/C10H20S.C6H14O/c1-3-9(4-2)11-10-7-5-6-8-10;1-5(2)7-6(3)4/h9-10H,3-8H2,1-2H3;5-6H,1-4H3. The van der Waals surface area contributed by atoms with Crippen LogP contribution in [0.2, 0.25) is 0 Å². The number of hydrogen-bond acceptors (Lipinski definition) is 2. The Morgan fingerprint density at radius 1 is 0.944 bits per heavy atom. The molecule has 1 fully saturated rings. The fourth-order valence-electron chi connectivity index (χ4n) is 2.32. The number of rotatable bonds is 6. The second-order valence-electron chi connectivity index (χ2n) is 5.71. The number of thioether (sulfide) groups is 1. The minimum absolute atomic E-state index is 0.375. The van der Waals surface area contributed by atoms with Crippen molar-refractivity contribution in [2.45, 2.75) is 103 Å². The summed E-state index contributed by atoms with van der Waals surface area (Å²) in [5.74, 6) is 0. The van der Waals surface area contributed by atoms with Crippen LogP contribution in [-0.4, -0.2) is 22.7 Å². The second kappa shape index (κ2) is 11.2. The van der Waals surface area contributed by atoms with Crippen molar-refractivity contribution in [1.29, 1.82) is 0 Å². The molecule has 0 saturated heterocycles. The van der Waals surface area contributed by atoms with Crippen LogP contribution < -0.4 is 0 Å². The molecule has 18 heavy (non-hydrogen) atoms. The van der Waals surface area contributed by atoms with E-state index in [4.69, 9.17) is 4.74 Å². The third-order valence-electron chi connectivity index (χ3n) is 3.14. The van der Waals surface area contributed by atoms with Crippen molar-refractivity contribution in [3.63, 3.8) is 0 Å². The quantitative estimate of drug-likeness (QED) is 0.617. The summed E-state index contributed by atoms with van der Waals surface area (Å²) in [5.41, 5.74) is 0. The van der Waals surface area contributed by atoms with Gasteiger partial charge in [-0.1, -0.05) is 26.7 Å². The van der Waals surface area contributed by atoms with Gasteiger partial charge in [0.25, 0.3) is 0 Å². The maximum atomic E-state index is 5.25. The molecule has 110 valence electrons. The van der Waals surface area contributed by atoms with Crippen LogP contribution in [0.3, 0.4) is 0 Å². The molecule has 0 amide bonds. The van der Waals surface area contributed by atoms with Gasteiger partial charge in [0.15, 0.2) is 0 Å². The van der Waals surface area contributed by atoms with Crippen LogP contribution >= 0.6 is 11.8 Å². The van der Waals surface area contributed by atoms with E-state index in [9.17, 15) is 0 Å². The Morgan fingerprint density at radius 2 is 1.39 bits per heavy atom. The Labute approximate surface area is 119 Å². The summed E-state index contributed by atoms with van der Waals surface area (Å²) in [4.78, 5) is 0. The lowest BCUT2D eigenvalue weighted by molar-refractivity contribution is 0.0300. The Bertz CT molecular complexity index is 164. The molecule has 1 aliphatic rings. The third-order valence-corrected chi connectivity index (χ3v) is 5.05. The molecule has 2 heteroatoms. The highest BCUT2D eigenvalue weighted by Gasteiger charge is 2.18. The highest BCUT2D eigenvalue weighted by atomic mass is 32.2. The van der Waals surface area contributed by atoms with Crippen LogP contribution in [0.1, 0.15) is 80.1 Å². The molecule has 1 aliphatic carbocycles. The van der Waals surface area contributed by atoms with Gasteiger partial charge >= 0.3 is 0 Å². The SMILES string of the molecule is CC(C)OC(C)C.CCC(CC)SC1CCCC1. The molecular weight excluding hydrogens is 240 g/mol. The normalized spacial score (nSPS) is 16.5. The number of hydrogen-bond donors (Lipinski definition) is 0. The van der Waals surface area contributed by atoms with Gasteiger partial charge in [-0.2, -0.15) is 11.8 Å². The average molecular weight is 275 g/mol. The first-order valence-corrected chi connectivity index (χ1v) is 8.74. The first kappa shape index (κ1) is 18.3. The Balaban J connectivity index is 0.000000360.